The highest BCUT2D eigenvalue weighted by Gasteiger charge is 2.12. The summed E-state index contributed by atoms with van der Waals surface area (Å²) in [4.78, 5) is 11.5. The number of rotatable bonds is 5. The Bertz CT molecular complexity index is 394. The number of hydrogen-bond acceptors (Lipinski definition) is 2. The quantitative estimate of drug-likeness (QED) is 0.803. The fourth-order valence-corrected chi connectivity index (χ4v) is 1.61. The van der Waals surface area contributed by atoms with Gasteiger partial charge in [0.1, 0.15) is 5.75 Å². The van der Waals surface area contributed by atoms with Crippen molar-refractivity contribution >= 4 is 6.03 Å². The molecule has 0 bridgehead atoms. The Morgan fingerprint density at radius 3 is 2.37 bits per heavy atom. The number of ether oxygens (including phenoxy) is 1. The van der Waals surface area contributed by atoms with Gasteiger partial charge in [0.05, 0.1) is 0 Å². The van der Waals surface area contributed by atoms with Crippen LogP contribution in [0.5, 0.6) is 5.75 Å². The normalized spacial score (nSPS) is 10.9. The minimum atomic E-state index is -0.244. The van der Waals surface area contributed by atoms with Crippen LogP contribution in [-0.2, 0) is 6.42 Å². The molecule has 0 fully saturated rings. The Morgan fingerprint density at radius 2 is 1.84 bits per heavy atom. The van der Waals surface area contributed by atoms with Crippen molar-refractivity contribution in [3.05, 3.63) is 29.8 Å². The minimum absolute atomic E-state index is 0.162. The molecular formula is C15H24N2O2. The van der Waals surface area contributed by atoms with Gasteiger partial charge < -0.3 is 15.4 Å². The van der Waals surface area contributed by atoms with Gasteiger partial charge in [0.25, 0.3) is 0 Å². The zero-order valence-electron chi connectivity index (χ0n) is 12.2. The molecule has 0 aliphatic rings. The number of hydrogen-bond donors (Lipinski definition) is 2. The molecule has 1 aromatic rings. The van der Waals surface area contributed by atoms with Crippen molar-refractivity contribution in [1.82, 2.24) is 10.6 Å². The lowest BCUT2D eigenvalue weighted by molar-refractivity contribution is 0.216. The number of benzene rings is 1. The average molecular weight is 264 g/mol. The molecule has 0 radical (unpaired) electrons. The maximum atomic E-state index is 11.5. The summed E-state index contributed by atoms with van der Waals surface area (Å²) in [6.07, 6.45) is 2.21. The average Bonchev–Trinajstić information content (AvgIpc) is 2.29. The van der Waals surface area contributed by atoms with Crippen molar-refractivity contribution in [3.63, 3.8) is 0 Å². The van der Waals surface area contributed by atoms with Gasteiger partial charge in [-0.15, -0.1) is 0 Å². The second-order valence-electron chi connectivity index (χ2n) is 5.56. The van der Waals surface area contributed by atoms with Gasteiger partial charge in [-0.1, -0.05) is 25.5 Å². The largest absolute Gasteiger partial charge is 0.473 e. The lowest BCUT2D eigenvalue weighted by atomic mass is 10.1. The van der Waals surface area contributed by atoms with E-state index in [1.807, 2.05) is 45.0 Å². The zero-order valence-corrected chi connectivity index (χ0v) is 12.2. The Morgan fingerprint density at radius 1 is 1.21 bits per heavy atom. The molecule has 0 aliphatic carbocycles. The minimum Gasteiger partial charge on any atom is -0.473 e. The topological polar surface area (TPSA) is 50.4 Å². The molecule has 1 aromatic carbocycles. The third kappa shape index (κ3) is 6.70. The molecule has 4 heteroatoms. The van der Waals surface area contributed by atoms with Crippen molar-refractivity contribution in [2.75, 3.05) is 6.73 Å². The van der Waals surface area contributed by atoms with Crippen LogP contribution in [0.25, 0.3) is 0 Å². The van der Waals surface area contributed by atoms with Crippen LogP contribution in [-0.4, -0.2) is 18.3 Å². The van der Waals surface area contributed by atoms with E-state index < -0.39 is 0 Å². The molecule has 0 heterocycles. The fraction of sp³-hybridized carbons (Fsp3) is 0.533. The Hall–Kier alpha value is -1.71. The second kappa shape index (κ2) is 7.02. The van der Waals surface area contributed by atoms with Crippen molar-refractivity contribution < 1.29 is 9.53 Å². The molecule has 0 saturated carbocycles. The van der Waals surface area contributed by atoms with Crippen LogP contribution < -0.4 is 15.4 Å². The third-order valence-corrected chi connectivity index (χ3v) is 2.42. The van der Waals surface area contributed by atoms with Crippen molar-refractivity contribution in [3.8, 4) is 5.75 Å². The lowest BCUT2D eigenvalue weighted by Gasteiger charge is -2.20. The van der Waals surface area contributed by atoms with Crippen LogP contribution in [0.1, 0.15) is 39.7 Å². The molecule has 0 aromatic heterocycles. The van der Waals surface area contributed by atoms with E-state index in [1.165, 1.54) is 5.56 Å². The van der Waals surface area contributed by atoms with Crippen LogP contribution in [0.15, 0.2) is 24.3 Å². The van der Waals surface area contributed by atoms with Gasteiger partial charge in [0.15, 0.2) is 6.73 Å². The summed E-state index contributed by atoms with van der Waals surface area (Å²) in [5.41, 5.74) is 1.06. The molecule has 0 saturated heterocycles. The van der Waals surface area contributed by atoms with E-state index in [0.29, 0.717) is 0 Å². The van der Waals surface area contributed by atoms with Gasteiger partial charge in [-0.05, 0) is 44.9 Å². The van der Waals surface area contributed by atoms with Gasteiger partial charge in [-0.3, -0.25) is 0 Å². The SMILES string of the molecule is CCCc1ccc(OCNC(=O)NC(C)(C)C)cc1. The first-order chi connectivity index (χ1) is 8.90. The molecule has 4 nitrogen and oxygen atoms in total. The number of carbonyl (C=O) groups excluding carboxylic acids is 1. The van der Waals surface area contributed by atoms with Crippen LogP contribution in [0.3, 0.4) is 0 Å². The molecule has 0 aliphatic heterocycles. The third-order valence-electron chi connectivity index (χ3n) is 2.42. The number of nitrogens with one attached hydrogen (secondary N) is 2. The standard InChI is InChI=1S/C15H24N2O2/c1-5-6-12-7-9-13(10-8-12)19-11-16-14(18)17-15(2,3)4/h7-10H,5-6,11H2,1-4H3,(H2,16,17,18). The summed E-state index contributed by atoms with van der Waals surface area (Å²) in [5, 5.41) is 5.46. The van der Waals surface area contributed by atoms with Gasteiger partial charge in [0.2, 0.25) is 0 Å². The monoisotopic (exact) mass is 264 g/mol. The summed E-state index contributed by atoms with van der Waals surface area (Å²) in [7, 11) is 0. The van der Waals surface area contributed by atoms with E-state index in [4.69, 9.17) is 4.74 Å². The molecular weight excluding hydrogens is 240 g/mol. The Balaban J connectivity index is 2.31. The van der Waals surface area contributed by atoms with Crippen molar-refractivity contribution in [2.45, 2.75) is 46.1 Å². The van der Waals surface area contributed by atoms with E-state index in [9.17, 15) is 4.79 Å². The highest BCUT2D eigenvalue weighted by Crippen LogP contribution is 2.12. The predicted octanol–water partition coefficient (Wildman–Crippen LogP) is 3.07. The first-order valence-electron chi connectivity index (χ1n) is 6.68. The Labute approximate surface area is 115 Å². The maximum absolute atomic E-state index is 11.5. The summed E-state index contributed by atoms with van der Waals surface area (Å²) in [5.74, 6) is 0.760. The summed E-state index contributed by atoms with van der Waals surface area (Å²) >= 11 is 0. The summed E-state index contributed by atoms with van der Waals surface area (Å²) in [6.45, 7) is 8.11. The Kier molecular flexibility index (Phi) is 5.67. The highest BCUT2D eigenvalue weighted by atomic mass is 16.5. The molecule has 106 valence electrons. The van der Waals surface area contributed by atoms with Crippen LogP contribution in [0, 0.1) is 0 Å². The molecule has 19 heavy (non-hydrogen) atoms. The number of carbonyl (C=O) groups is 1. The van der Waals surface area contributed by atoms with Crippen molar-refractivity contribution in [2.24, 2.45) is 0 Å². The van der Waals surface area contributed by atoms with Gasteiger partial charge >= 0.3 is 6.03 Å². The maximum Gasteiger partial charge on any atom is 0.317 e. The van der Waals surface area contributed by atoms with Gasteiger partial charge in [-0.2, -0.15) is 0 Å². The first kappa shape index (κ1) is 15.3. The first-order valence-corrected chi connectivity index (χ1v) is 6.68. The van der Waals surface area contributed by atoms with E-state index >= 15 is 0 Å². The highest BCUT2D eigenvalue weighted by molar-refractivity contribution is 5.74. The lowest BCUT2D eigenvalue weighted by Crippen LogP contribution is -2.47. The number of amides is 2. The summed E-state index contributed by atoms with van der Waals surface area (Å²) in [6, 6.07) is 7.72. The molecule has 0 unspecified atom stereocenters. The molecule has 2 N–H and O–H groups in total. The van der Waals surface area contributed by atoms with Crippen LogP contribution >= 0.6 is 0 Å². The van der Waals surface area contributed by atoms with Crippen LogP contribution in [0.2, 0.25) is 0 Å². The summed E-state index contributed by atoms with van der Waals surface area (Å²) < 4.78 is 5.45. The van der Waals surface area contributed by atoms with Crippen molar-refractivity contribution in [1.29, 1.82) is 0 Å². The second-order valence-corrected chi connectivity index (χ2v) is 5.56. The molecule has 1 rings (SSSR count). The van der Waals surface area contributed by atoms with Crippen LogP contribution in [0.4, 0.5) is 4.79 Å². The smallest absolute Gasteiger partial charge is 0.317 e. The van der Waals surface area contributed by atoms with Gasteiger partial charge in [0, 0.05) is 5.54 Å². The predicted molar refractivity (Wildman–Crippen MR) is 77.4 cm³/mol. The number of aryl methyl sites for hydroxylation is 1. The van der Waals surface area contributed by atoms with E-state index in [-0.39, 0.29) is 18.3 Å². The zero-order chi connectivity index (χ0) is 14.3. The molecule has 2 amide bonds. The van der Waals surface area contributed by atoms with Gasteiger partial charge in [-0.25, -0.2) is 4.79 Å². The fourth-order valence-electron chi connectivity index (χ4n) is 1.61. The molecule has 0 spiro atoms. The molecule has 0 atom stereocenters. The number of urea groups is 1. The van der Waals surface area contributed by atoms with E-state index in [0.717, 1.165) is 18.6 Å². The van der Waals surface area contributed by atoms with E-state index in [1.54, 1.807) is 0 Å². The van der Waals surface area contributed by atoms with E-state index in [2.05, 4.69) is 17.6 Å².